The highest BCUT2D eigenvalue weighted by Crippen LogP contribution is 2.14. The molecule has 0 bridgehead atoms. The number of urea groups is 1. The van der Waals surface area contributed by atoms with Gasteiger partial charge in [-0.2, -0.15) is 0 Å². The van der Waals surface area contributed by atoms with Crippen LogP contribution in [-0.2, 0) is 11.3 Å². The van der Waals surface area contributed by atoms with Crippen LogP contribution in [0.1, 0.15) is 31.4 Å². The van der Waals surface area contributed by atoms with Crippen LogP contribution in [0.25, 0.3) is 0 Å². The Morgan fingerprint density at radius 1 is 1.16 bits per heavy atom. The van der Waals surface area contributed by atoms with Crippen molar-refractivity contribution in [2.45, 2.75) is 39.8 Å². The summed E-state index contributed by atoms with van der Waals surface area (Å²) in [5, 5.41) is 2.60. The number of benzene rings is 1. The number of carbonyl (C=O) groups is 2. The van der Waals surface area contributed by atoms with Gasteiger partial charge in [-0.25, -0.2) is 4.79 Å². The van der Waals surface area contributed by atoms with Crippen molar-refractivity contribution in [3.8, 4) is 0 Å². The van der Waals surface area contributed by atoms with Crippen molar-refractivity contribution in [2.75, 3.05) is 26.2 Å². The van der Waals surface area contributed by atoms with Crippen LogP contribution in [0.3, 0.4) is 0 Å². The molecular weight excluding hydrogens is 316 g/mol. The molecule has 0 spiro atoms. The summed E-state index contributed by atoms with van der Waals surface area (Å²) in [6, 6.07) is 7.23. The molecule has 0 aliphatic carbocycles. The third-order valence-electron chi connectivity index (χ3n) is 4.66. The predicted molar refractivity (Wildman–Crippen MR) is 99.0 cm³/mol. The molecule has 1 atom stereocenters. The zero-order valence-corrected chi connectivity index (χ0v) is 15.5. The van der Waals surface area contributed by atoms with Crippen LogP contribution in [0, 0.1) is 12.8 Å². The minimum absolute atomic E-state index is 0.0250. The standard InChI is InChI=1S/C19H30N4O2/c1-14(2)12-17(21-19(20)25)18(24)23-10-8-22(9-11-23)13-16-7-5-4-6-15(16)3/h4-7,14,17H,8-13H2,1-3H3,(H3,20,21,25). The first-order valence-corrected chi connectivity index (χ1v) is 8.98. The Balaban J connectivity index is 1.90. The Bertz CT molecular complexity index is 595. The summed E-state index contributed by atoms with van der Waals surface area (Å²) in [5.41, 5.74) is 7.85. The Labute approximate surface area is 150 Å². The van der Waals surface area contributed by atoms with Crippen LogP contribution < -0.4 is 11.1 Å². The van der Waals surface area contributed by atoms with E-state index in [4.69, 9.17) is 5.73 Å². The summed E-state index contributed by atoms with van der Waals surface area (Å²) in [6.07, 6.45) is 0.602. The lowest BCUT2D eigenvalue weighted by Gasteiger charge is -2.37. The molecule has 3 N–H and O–H groups in total. The third-order valence-corrected chi connectivity index (χ3v) is 4.66. The Morgan fingerprint density at radius 3 is 2.36 bits per heavy atom. The molecule has 1 saturated heterocycles. The molecule has 138 valence electrons. The number of primary amides is 1. The van der Waals surface area contributed by atoms with Gasteiger partial charge < -0.3 is 16.0 Å². The average Bonchev–Trinajstić information content (AvgIpc) is 2.55. The molecule has 1 aliphatic heterocycles. The quantitative estimate of drug-likeness (QED) is 0.823. The van der Waals surface area contributed by atoms with Gasteiger partial charge in [0.25, 0.3) is 0 Å². The molecule has 3 amide bonds. The zero-order valence-electron chi connectivity index (χ0n) is 15.5. The van der Waals surface area contributed by atoms with Crippen LogP contribution >= 0.6 is 0 Å². The lowest BCUT2D eigenvalue weighted by molar-refractivity contribution is -0.135. The first-order chi connectivity index (χ1) is 11.9. The first-order valence-electron chi connectivity index (χ1n) is 8.98. The molecule has 1 aromatic rings. The Kier molecular flexibility index (Phi) is 6.82. The topological polar surface area (TPSA) is 78.7 Å². The SMILES string of the molecule is Cc1ccccc1CN1CCN(C(=O)C(CC(C)C)NC(N)=O)CC1. The number of amides is 3. The molecule has 0 aromatic heterocycles. The Hall–Kier alpha value is -2.08. The highest BCUT2D eigenvalue weighted by atomic mass is 16.2. The Morgan fingerprint density at radius 2 is 1.80 bits per heavy atom. The van der Waals surface area contributed by atoms with Crippen molar-refractivity contribution >= 4 is 11.9 Å². The lowest BCUT2D eigenvalue weighted by atomic mass is 10.0. The largest absolute Gasteiger partial charge is 0.352 e. The number of hydrogen-bond donors (Lipinski definition) is 2. The summed E-state index contributed by atoms with van der Waals surface area (Å²) in [7, 11) is 0. The fraction of sp³-hybridized carbons (Fsp3) is 0.579. The molecule has 1 aliphatic rings. The van der Waals surface area contributed by atoms with Crippen molar-refractivity contribution in [1.82, 2.24) is 15.1 Å². The summed E-state index contributed by atoms with van der Waals surface area (Å²) in [4.78, 5) is 28.1. The van der Waals surface area contributed by atoms with Gasteiger partial charge in [0.2, 0.25) is 5.91 Å². The van der Waals surface area contributed by atoms with E-state index in [2.05, 4.69) is 41.4 Å². The fourth-order valence-electron chi connectivity index (χ4n) is 3.24. The molecule has 1 heterocycles. The van der Waals surface area contributed by atoms with E-state index in [1.54, 1.807) is 0 Å². The smallest absolute Gasteiger partial charge is 0.312 e. The van der Waals surface area contributed by atoms with Gasteiger partial charge >= 0.3 is 6.03 Å². The van der Waals surface area contributed by atoms with Gasteiger partial charge in [0.15, 0.2) is 0 Å². The van der Waals surface area contributed by atoms with Crippen LogP contribution in [0.5, 0.6) is 0 Å². The summed E-state index contributed by atoms with van der Waals surface area (Å²) >= 11 is 0. The van der Waals surface area contributed by atoms with E-state index in [-0.39, 0.29) is 5.91 Å². The van der Waals surface area contributed by atoms with E-state index in [1.807, 2.05) is 18.7 Å². The molecule has 6 nitrogen and oxygen atoms in total. The van der Waals surface area contributed by atoms with Crippen LogP contribution in [0.4, 0.5) is 4.79 Å². The van der Waals surface area contributed by atoms with E-state index in [1.165, 1.54) is 11.1 Å². The maximum absolute atomic E-state index is 12.7. The number of nitrogens with one attached hydrogen (secondary N) is 1. The van der Waals surface area contributed by atoms with Gasteiger partial charge in [-0.1, -0.05) is 38.1 Å². The molecule has 25 heavy (non-hydrogen) atoms. The molecule has 1 aromatic carbocycles. The lowest BCUT2D eigenvalue weighted by Crippen LogP contribution is -2.55. The number of aryl methyl sites for hydroxylation is 1. The maximum Gasteiger partial charge on any atom is 0.312 e. The van der Waals surface area contributed by atoms with E-state index in [0.717, 1.165) is 19.6 Å². The molecule has 1 fully saturated rings. The second kappa shape index (κ2) is 8.85. The summed E-state index contributed by atoms with van der Waals surface area (Å²) in [6.45, 7) is 10.1. The molecular formula is C19H30N4O2. The normalized spacial score (nSPS) is 16.7. The van der Waals surface area contributed by atoms with Crippen molar-refractivity contribution < 1.29 is 9.59 Å². The number of hydrogen-bond acceptors (Lipinski definition) is 3. The van der Waals surface area contributed by atoms with E-state index in [9.17, 15) is 9.59 Å². The van der Waals surface area contributed by atoms with Gasteiger partial charge in [-0.05, 0) is 30.4 Å². The van der Waals surface area contributed by atoms with E-state index in [0.29, 0.717) is 25.4 Å². The number of nitrogens with two attached hydrogens (primary N) is 1. The van der Waals surface area contributed by atoms with Crippen molar-refractivity contribution in [3.05, 3.63) is 35.4 Å². The summed E-state index contributed by atoms with van der Waals surface area (Å²) in [5.74, 6) is 0.284. The zero-order chi connectivity index (χ0) is 18.4. The minimum Gasteiger partial charge on any atom is -0.352 e. The van der Waals surface area contributed by atoms with Crippen molar-refractivity contribution in [1.29, 1.82) is 0 Å². The number of rotatable bonds is 6. The minimum atomic E-state index is -0.641. The average molecular weight is 346 g/mol. The van der Waals surface area contributed by atoms with E-state index >= 15 is 0 Å². The molecule has 1 unspecified atom stereocenters. The van der Waals surface area contributed by atoms with Gasteiger partial charge in [-0.15, -0.1) is 0 Å². The van der Waals surface area contributed by atoms with Crippen LogP contribution in [0.2, 0.25) is 0 Å². The maximum atomic E-state index is 12.7. The number of carbonyl (C=O) groups excluding carboxylic acids is 2. The van der Waals surface area contributed by atoms with Gasteiger partial charge in [0, 0.05) is 32.7 Å². The van der Waals surface area contributed by atoms with Crippen LogP contribution in [-0.4, -0.2) is 54.0 Å². The van der Waals surface area contributed by atoms with Gasteiger partial charge in [0.05, 0.1) is 0 Å². The monoisotopic (exact) mass is 346 g/mol. The predicted octanol–water partition coefficient (Wildman–Crippen LogP) is 1.72. The highest BCUT2D eigenvalue weighted by molar-refractivity contribution is 5.86. The number of nitrogens with zero attached hydrogens (tertiary/aromatic N) is 2. The first kappa shape index (κ1) is 19.2. The van der Waals surface area contributed by atoms with Gasteiger partial charge in [-0.3, -0.25) is 9.69 Å². The van der Waals surface area contributed by atoms with Crippen LogP contribution in [0.15, 0.2) is 24.3 Å². The molecule has 0 radical (unpaired) electrons. The second-order valence-electron chi connectivity index (χ2n) is 7.22. The van der Waals surface area contributed by atoms with E-state index < -0.39 is 12.1 Å². The van der Waals surface area contributed by atoms with Gasteiger partial charge in [0.1, 0.15) is 6.04 Å². The molecule has 2 rings (SSSR count). The highest BCUT2D eigenvalue weighted by Gasteiger charge is 2.28. The van der Waals surface area contributed by atoms with Crippen molar-refractivity contribution in [2.24, 2.45) is 11.7 Å². The fourth-order valence-corrected chi connectivity index (χ4v) is 3.24. The second-order valence-corrected chi connectivity index (χ2v) is 7.22. The molecule has 6 heteroatoms. The third kappa shape index (κ3) is 5.74. The summed E-state index contributed by atoms with van der Waals surface area (Å²) < 4.78 is 0. The number of piperazine rings is 1. The molecule has 0 saturated carbocycles. The van der Waals surface area contributed by atoms with Crippen molar-refractivity contribution in [3.63, 3.8) is 0 Å².